The van der Waals surface area contributed by atoms with Crippen LogP contribution in [0.5, 0.6) is 11.5 Å². The number of benzene rings is 5. The molecule has 50 heavy (non-hydrogen) atoms. The number of hydrogen-bond acceptors (Lipinski definition) is 7. The van der Waals surface area contributed by atoms with Gasteiger partial charge >= 0.3 is 0 Å². The summed E-state index contributed by atoms with van der Waals surface area (Å²) in [6, 6.07) is 19.5. The zero-order chi connectivity index (χ0) is 36.4. The lowest BCUT2D eigenvalue weighted by Crippen LogP contribution is -2.21. The molecule has 258 valence electrons. The van der Waals surface area contributed by atoms with E-state index in [1.54, 1.807) is 63.2 Å². The summed E-state index contributed by atoms with van der Waals surface area (Å²) in [5, 5.41) is 1.23. The predicted molar refractivity (Wildman–Crippen MR) is 196 cm³/mol. The molecule has 0 saturated heterocycles. The second kappa shape index (κ2) is 12.4. The number of aryl methyl sites for hydroxylation is 2. The Hall–Kier alpha value is -4.94. The van der Waals surface area contributed by atoms with Gasteiger partial charge in [-0.15, -0.1) is 0 Å². The molecule has 0 aromatic heterocycles. The lowest BCUT2D eigenvalue weighted by molar-refractivity contribution is 0.470. The van der Waals surface area contributed by atoms with E-state index in [4.69, 9.17) is 16.2 Å². The van der Waals surface area contributed by atoms with Gasteiger partial charge in [0.1, 0.15) is 21.3 Å². The average molecular weight is 711 g/mol. The Morgan fingerprint density at radius 3 is 2.06 bits per heavy atom. The fraction of sp³-hybridized carbons (Fsp3) is 0.179. The van der Waals surface area contributed by atoms with E-state index < -0.39 is 20.2 Å². The highest BCUT2D eigenvalue weighted by Gasteiger charge is 2.27. The van der Waals surface area contributed by atoms with E-state index in [0.717, 1.165) is 33.5 Å². The molecule has 9 nitrogen and oxygen atoms in total. The van der Waals surface area contributed by atoms with Crippen molar-refractivity contribution in [2.75, 3.05) is 11.5 Å². The summed E-state index contributed by atoms with van der Waals surface area (Å²) in [7, 11) is -9.16. The van der Waals surface area contributed by atoms with Crippen molar-refractivity contribution in [3.05, 3.63) is 138 Å². The highest BCUT2D eigenvalue weighted by molar-refractivity contribution is 7.86. The van der Waals surface area contributed by atoms with Crippen molar-refractivity contribution in [3.8, 4) is 11.5 Å². The van der Waals surface area contributed by atoms with Crippen LogP contribution in [0.15, 0.2) is 76.5 Å². The van der Waals surface area contributed by atoms with Gasteiger partial charge in [0.15, 0.2) is 0 Å². The van der Waals surface area contributed by atoms with Gasteiger partial charge in [-0.3, -0.25) is 9.11 Å². The van der Waals surface area contributed by atoms with Gasteiger partial charge in [-0.2, -0.15) is 16.8 Å². The standard InChI is InChI=1S/C39H38N2O7S2/c1-20-15-21(2)37(40)22(3)31(20)16-26-11-13-28-33(18-26)48-34-19-27(17-32-23(4)38(41)25(6)39(24(32)5)50(45,46)47)12-14-29(34)36(28)30-9-7-8-10-35(30)49(42,43)44/h7-15,17-19H,16,40-41H2,1-6H3,(H,42,43,44)(H,45,46,47)/b27-17+. The largest absolute Gasteiger partial charge is 0.456 e. The molecule has 1 aliphatic heterocycles. The minimum atomic E-state index is -4.60. The maximum atomic E-state index is 12.6. The molecule has 6 rings (SSSR count). The molecular weight excluding hydrogens is 673 g/mol. The minimum absolute atomic E-state index is 0.235. The van der Waals surface area contributed by atoms with E-state index in [0.29, 0.717) is 61.7 Å². The first kappa shape index (κ1) is 34.9. The maximum Gasteiger partial charge on any atom is 0.295 e. The highest BCUT2D eigenvalue weighted by Crippen LogP contribution is 2.39. The molecule has 0 radical (unpaired) electrons. The molecule has 1 heterocycles. The van der Waals surface area contributed by atoms with Gasteiger partial charge in [0, 0.05) is 33.3 Å². The molecule has 5 aromatic carbocycles. The Morgan fingerprint density at radius 1 is 0.680 bits per heavy atom. The summed E-state index contributed by atoms with van der Waals surface area (Å²) >= 11 is 0. The van der Waals surface area contributed by atoms with Gasteiger partial charge in [-0.1, -0.05) is 42.5 Å². The van der Waals surface area contributed by atoms with Crippen LogP contribution in [-0.2, 0) is 26.7 Å². The Balaban J connectivity index is 1.60. The van der Waals surface area contributed by atoms with Crippen LogP contribution in [0.4, 0.5) is 11.4 Å². The van der Waals surface area contributed by atoms with Crippen LogP contribution < -0.4 is 26.6 Å². The second-order valence-corrected chi connectivity index (χ2v) is 15.6. The maximum absolute atomic E-state index is 12.6. The highest BCUT2D eigenvalue weighted by atomic mass is 32.2. The number of anilines is 2. The summed E-state index contributed by atoms with van der Waals surface area (Å²) < 4.78 is 76.6. The normalized spacial score (nSPS) is 13.2. The third-order valence-corrected chi connectivity index (χ3v) is 11.7. The van der Waals surface area contributed by atoms with Gasteiger partial charge in [0.2, 0.25) is 0 Å². The number of rotatable bonds is 6. The van der Waals surface area contributed by atoms with E-state index in [9.17, 15) is 25.9 Å². The van der Waals surface area contributed by atoms with Gasteiger partial charge < -0.3 is 16.2 Å². The van der Waals surface area contributed by atoms with Gasteiger partial charge in [0.05, 0.1) is 0 Å². The molecule has 0 aliphatic carbocycles. The van der Waals surface area contributed by atoms with E-state index in [1.807, 2.05) is 32.0 Å². The monoisotopic (exact) mass is 710 g/mol. The van der Waals surface area contributed by atoms with Gasteiger partial charge in [0.25, 0.3) is 20.2 Å². The van der Waals surface area contributed by atoms with Crippen LogP contribution >= 0.6 is 0 Å². The van der Waals surface area contributed by atoms with Crippen LogP contribution in [0.25, 0.3) is 11.6 Å². The molecule has 0 bridgehead atoms. The average Bonchev–Trinajstić information content (AvgIpc) is 3.04. The van der Waals surface area contributed by atoms with Crippen molar-refractivity contribution in [1.82, 2.24) is 0 Å². The van der Waals surface area contributed by atoms with Crippen LogP contribution in [0.3, 0.4) is 0 Å². The first-order valence-electron chi connectivity index (χ1n) is 15.8. The topological polar surface area (TPSA) is 170 Å². The summed E-state index contributed by atoms with van der Waals surface area (Å²) in [5.74, 6) is 0.907. The third kappa shape index (κ3) is 6.07. The van der Waals surface area contributed by atoms with Crippen molar-refractivity contribution >= 4 is 43.3 Å². The van der Waals surface area contributed by atoms with E-state index in [2.05, 4.69) is 13.0 Å². The number of fused-ring (bicyclic) bond motifs is 2. The second-order valence-electron chi connectivity index (χ2n) is 12.9. The molecule has 0 fully saturated rings. The molecule has 1 aliphatic rings. The van der Waals surface area contributed by atoms with Gasteiger partial charge in [-0.25, -0.2) is 0 Å². The Morgan fingerprint density at radius 2 is 1.38 bits per heavy atom. The van der Waals surface area contributed by atoms with Crippen LogP contribution in [0, 0.1) is 41.5 Å². The number of nitrogens with two attached hydrogens (primary N) is 2. The van der Waals surface area contributed by atoms with Crippen molar-refractivity contribution < 1.29 is 30.7 Å². The van der Waals surface area contributed by atoms with Gasteiger partial charge in [-0.05, 0) is 134 Å². The zero-order valence-electron chi connectivity index (χ0n) is 28.5. The molecule has 11 heteroatoms. The first-order valence-corrected chi connectivity index (χ1v) is 18.7. The number of nitrogen functional groups attached to an aromatic ring is 2. The summed E-state index contributed by atoms with van der Waals surface area (Å²) in [6.45, 7) is 11.0. The SMILES string of the molecule is Cc1cc(C)c(Cc2ccc3c(c2)Oc2c/c(=C/c4c(C)c(N)c(C)c(S(=O)(=O)O)c4C)ccc2=C3c2ccccc2S(=O)(=O)O)c(C)c1N. The van der Waals surface area contributed by atoms with E-state index in [1.165, 1.54) is 6.07 Å². The lowest BCUT2D eigenvalue weighted by atomic mass is 9.89. The smallest absolute Gasteiger partial charge is 0.295 e. The van der Waals surface area contributed by atoms with E-state index >= 15 is 0 Å². The molecule has 0 amide bonds. The fourth-order valence-corrected chi connectivity index (χ4v) is 8.75. The zero-order valence-corrected chi connectivity index (χ0v) is 30.2. The molecule has 5 aromatic rings. The summed E-state index contributed by atoms with van der Waals surface area (Å²) in [5.41, 5.74) is 22.2. The molecule has 6 N–H and O–H groups in total. The fourth-order valence-electron chi connectivity index (χ4n) is 7.06. The molecule has 0 saturated carbocycles. The third-order valence-electron chi connectivity index (χ3n) is 9.68. The van der Waals surface area contributed by atoms with E-state index in [-0.39, 0.29) is 21.0 Å². The molecule has 0 spiro atoms. The molecule has 0 atom stereocenters. The first-order chi connectivity index (χ1) is 23.4. The van der Waals surface area contributed by atoms with Crippen LogP contribution in [0.2, 0.25) is 0 Å². The van der Waals surface area contributed by atoms with Crippen molar-refractivity contribution in [1.29, 1.82) is 0 Å². The number of ether oxygens (including phenoxy) is 1. The molecular formula is C39H38N2O7S2. The quantitative estimate of drug-likeness (QED) is 0.120. The Bertz CT molecular complexity index is 2630. The van der Waals surface area contributed by atoms with Crippen molar-refractivity contribution in [2.24, 2.45) is 0 Å². The van der Waals surface area contributed by atoms with Crippen LogP contribution in [0.1, 0.15) is 61.2 Å². The summed E-state index contributed by atoms with van der Waals surface area (Å²) in [4.78, 5) is -0.477. The number of hydrogen-bond donors (Lipinski definition) is 4. The Kier molecular flexibility index (Phi) is 8.68. The minimum Gasteiger partial charge on any atom is -0.456 e. The van der Waals surface area contributed by atoms with Crippen LogP contribution in [-0.4, -0.2) is 25.9 Å². The summed E-state index contributed by atoms with van der Waals surface area (Å²) in [6.07, 6.45) is 2.35. The Labute approximate surface area is 292 Å². The van der Waals surface area contributed by atoms with Crippen molar-refractivity contribution in [3.63, 3.8) is 0 Å². The molecule has 0 unspecified atom stereocenters. The van der Waals surface area contributed by atoms with Crippen molar-refractivity contribution in [2.45, 2.75) is 57.8 Å². The lowest BCUT2D eigenvalue weighted by Gasteiger charge is -2.23. The predicted octanol–water partition coefficient (Wildman–Crippen LogP) is 5.97.